The Morgan fingerprint density at radius 2 is 2.05 bits per heavy atom. The lowest BCUT2D eigenvalue weighted by molar-refractivity contribution is -0.120. The zero-order chi connectivity index (χ0) is 14.2. The van der Waals surface area contributed by atoms with Crippen LogP contribution in [0.15, 0.2) is 18.2 Å². The van der Waals surface area contributed by atoms with Gasteiger partial charge in [0.25, 0.3) is 0 Å². The quantitative estimate of drug-likeness (QED) is 0.863. The predicted molar refractivity (Wildman–Crippen MR) is 73.5 cm³/mol. The highest BCUT2D eigenvalue weighted by Gasteiger charge is 2.38. The number of aryl methyl sites for hydroxylation is 1. The first-order chi connectivity index (χ1) is 8.78. The Morgan fingerprint density at radius 3 is 2.47 bits per heavy atom. The third-order valence-corrected chi connectivity index (χ3v) is 3.36. The van der Waals surface area contributed by atoms with Crippen molar-refractivity contribution in [1.29, 1.82) is 0 Å². The van der Waals surface area contributed by atoms with Crippen molar-refractivity contribution in [3.63, 3.8) is 0 Å². The topological polar surface area (TPSA) is 29.3 Å². The Bertz CT molecular complexity index is 495. The van der Waals surface area contributed by atoms with Crippen molar-refractivity contribution in [2.24, 2.45) is 5.73 Å². The van der Waals surface area contributed by atoms with Gasteiger partial charge in [-0.15, -0.1) is 0 Å². The monoisotopic (exact) mass is 288 g/mol. The summed E-state index contributed by atoms with van der Waals surface area (Å²) in [6, 6.07) is 5.07. The maximum Gasteiger partial charge on any atom is 0.405 e. The third kappa shape index (κ3) is 3.59. The molecule has 1 aromatic rings. The van der Waals surface area contributed by atoms with Gasteiger partial charge in [-0.1, -0.05) is 12.2 Å². The Morgan fingerprint density at radius 1 is 1.42 bits per heavy atom. The highest BCUT2D eigenvalue weighted by molar-refractivity contribution is 7.80. The van der Waals surface area contributed by atoms with E-state index in [2.05, 4.69) is 0 Å². The fraction of sp³-hybridized carbons (Fsp3) is 0.462. The molecule has 0 atom stereocenters. The van der Waals surface area contributed by atoms with Crippen molar-refractivity contribution in [2.75, 3.05) is 11.4 Å². The third-order valence-electron chi connectivity index (χ3n) is 3.14. The minimum Gasteiger partial charge on any atom is -0.389 e. The number of hydrogen-bond acceptors (Lipinski definition) is 2. The smallest absolute Gasteiger partial charge is 0.389 e. The second-order valence-corrected chi connectivity index (χ2v) is 5.28. The van der Waals surface area contributed by atoms with Gasteiger partial charge in [-0.3, -0.25) is 0 Å². The van der Waals surface area contributed by atoms with Crippen LogP contribution in [0.3, 0.4) is 0 Å². The largest absolute Gasteiger partial charge is 0.405 e. The lowest BCUT2D eigenvalue weighted by Crippen LogP contribution is -2.36. The van der Waals surface area contributed by atoms with Crippen molar-refractivity contribution in [3.05, 3.63) is 29.3 Å². The molecule has 6 heteroatoms. The van der Waals surface area contributed by atoms with Crippen molar-refractivity contribution in [3.8, 4) is 0 Å². The van der Waals surface area contributed by atoms with Crippen LogP contribution >= 0.6 is 12.2 Å². The van der Waals surface area contributed by atoms with Gasteiger partial charge in [-0.25, -0.2) is 0 Å². The SMILES string of the molecule is Cc1cc(N(CC(F)(F)F)C2CC2)ccc1C(N)=S. The summed E-state index contributed by atoms with van der Waals surface area (Å²) < 4.78 is 37.8. The number of halogens is 3. The summed E-state index contributed by atoms with van der Waals surface area (Å²) in [5.41, 5.74) is 7.65. The maximum absolute atomic E-state index is 12.6. The van der Waals surface area contributed by atoms with Crippen molar-refractivity contribution in [2.45, 2.75) is 32.0 Å². The molecule has 2 nitrogen and oxygen atoms in total. The van der Waals surface area contributed by atoms with Crippen LogP contribution in [-0.4, -0.2) is 23.8 Å². The number of hydrogen-bond donors (Lipinski definition) is 1. The van der Waals surface area contributed by atoms with Crippen LogP contribution in [-0.2, 0) is 0 Å². The van der Waals surface area contributed by atoms with Crippen LogP contribution in [0.2, 0.25) is 0 Å². The summed E-state index contributed by atoms with van der Waals surface area (Å²) >= 11 is 4.89. The highest BCUT2D eigenvalue weighted by Crippen LogP contribution is 2.35. The first-order valence-corrected chi connectivity index (χ1v) is 6.42. The van der Waals surface area contributed by atoms with Crippen LogP contribution in [0.4, 0.5) is 18.9 Å². The molecule has 1 aliphatic carbocycles. The first kappa shape index (κ1) is 14.1. The van der Waals surface area contributed by atoms with Crippen LogP contribution in [0.1, 0.15) is 24.0 Å². The molecular weight excluding hydrogens is 273 g/mol. The normalized spacial score (nSPS) is 15.4. The second-order valence-electron chi connectivity index (χ2n) is 4.84. The molecule has 0 bridgehead atoms. The number of nitrogens with two attached hydrogens (primary N) is 1. The van der Waals surface area contributed by atoms with Gasteiger partial charge in [0.2, 0.25) is 0 Å². The highest BCUT2D eigenvalue weighted by atomic mass is 32.1. The van der Waals surface area contributed by atoms with E-state index in [1.54, 1.807) is 25.1 Å². The predicted octanol–water partition coefficient (Wildman–Crippen LogP) is 3.16. The number of alkyl halides is 3. The molecule has 0 aromatic heterocycles. The Kier molecular flexibility index (Phi) is 3.71. The molecule has 0 aliphatic heterocycles. The molecule has 0 spiro atoms. The fourth-order valence-electron chi connectivity index (χ4n) is 2.11. The summed E-state index contributed by atoms with van der Waals surface area (Å²) in [6.45, 7) is 0.889. The van der Waals surface area contributed by atoms with E-state index in [1.165, 1.54) is 4.90 Å². The van der Waals surface area contributed by atoms with Crippen molar-refractivity contribution < 1.29 is 13.2 Å². The molecule has 1 saturated carbocycles. The number of nitrogens with zero attached hydrogens (tertiary/aromatic N) is 1. The molecule has 1 fully saturated rings. The Labute approximate surface area is 115 Å². The molecule has 0 saturated heterocycles. The van der Waals surface area contributed by atoms with Crippen molar-refractivity contribution >= 4 is 22.9 Å². The zero-order valence-corrected chi connectivity index (χ0v) is 11.3. The molecule has 1 aromatic carbocycles. The van der Waals surface area contributed by atoms with E-state index in [0.29, 0.717) is 11.3 Å². The van der Waals surface area contributed by atoms with E-state index < -0.39 is 12.7 Å². The molecule has 0 unspecified atom stereocenters. The van der Waals surface area contributed by atoms with E-state index in [4.69, 9.17) is 18.0 Å². The van der Waals surface area contributed by atoms with E-state index in [0.717, 1.165) is 18.4 Å². The Hall–Kier alpha value is -1.30. The molecule has 0 radical (unpaired) electrons. The number of thiocarbonyl (C=S) groups is 1. The van der Waals surface area contributed by atoms with Crippen LogP contribution in [0, 0.1) is 6.92 Å². The summed E-state index contributed by atoms with van der Waals surface area (Å²) in [5.74, 6) is 0. The van der Waals surface area contributed by atoms with Gasteiger partial charge in [-0.05, 0) is 43.5 Å². The van der Waals surface area contributed by atoms with Gasteiger partial charge in [0.05, 0.1) is 0 Å². The van der Waals surface area contributed by atoms with E-state index >= 15 is 0 Å². The second kappa shape index (κ2) is 5.00. The lowest BCUT2D eigenvalue weighted by Gasteiger charge is -2.26. The van der Waals surface area contributed by atoms with Gasteiger partial charge >= 0.3 is 6.18 Å². The Balaban J connectivity index is 2.27. The minimum absolute atomic E-state index is 0.00305. The molecule has 2 N–H and O–H groups in total. The average Bonchev–Trinajstić information content (AvgIpc) is 3.07. The van der Waals surface area contributed by atoms with E-state index in [1.807, 2.05) is 0 Å². The molecular formula is C13H15F3N2S. The van der Waals surface area contributed by atoms with Crippen molar-refractivity contribution in [1.82, 2.24) is 0 Å². The molecule has 0 amide bonds. The average molecular weight is 288 g/mol. The standard InChI is InChI=1S/C13H15F3N2S/c1-8-6-10(4-5-11(8)12(17)19)18(9-2-3-9)7-13(14,15)16/h4-6,9H,2-3,7H2,1H3,(H2,17,19). The fourth-order valence-corrected chi connectivity index (χ4v) is 2.34. The zero-order valence-electron chi connectivity index (χ0n) is 10.5. The number of anilines is 1. The molecule has 1 aliphatic rings. The first-order valence-electron chi connectivity index (χ1n) is 6.02. The number of benzene rings is 1. The summed E-state index contributed by atoms with van der Waals surface area (Å²) in [7, 11) is 0. The van der Waals surface area contributed by atoms with Crippen LogP contribution < -0.4 is 10.6 Å². The van der Waals surface area contributed by atoms with Crippen LogP contribution in [0.25, 0.3) is 0 Å². The van der Waals surface area contributed by atoms with E-state index in [-0.39, 0.29) is 11.0 Å². The van der Waals surface area contributed by atoms with Gasteiger partial charge < -0.3 is 10.6 Å². The van der Waals surface area contributed by atoms with Gasteiger partial charge in [0.1, 0.15) is 11.5 Å². The van der Waals surface area contributed by atoms with Gasteiger partial charge in [-0.2, -0.15) is 13.2 Å². The molecule has 2 rings (SSSR count). The molecule has 104 valence electrons. The lowest BCUT2D eigenvalue weighted by atomic mass is 10.1. The summed E-state index contributed by atoms with van der Waals surface area (Å²) in [5, 5.41) is 0. The molecule has 19 heavy (non-hydrogen) atoms. The van der Waals surface area contributed by atoms with Crippen LogP contribution in [0.5, 0.6) is 0 Å². The summed E-state index contributed by atoms with van der Waals surface area (Å²) in [4.78, 5) is 1.67. The maximum atomic E-state index is 12.6. The van der Waals surface area contributed by atoms with Gasteiger partial charge in [0, 0.05) is 17.3 Å². The molecule has 0 heterocycles. The van der Waals surface area contributed by atoms with E-state index in [9.17, 15) is 13.2 Å². The number of rotatable bonds is 4. The summed E-state index contributed by atoms with van der Waals surface area (Å²) in [6.07, 6.45) is -2.57. The van der Waals surface area contributed by atoms with Gasteiger partial charge in [0.15, 0.2) is 0 Å². The minimum atomic E-state index is -4.20.